The smallest absolute Gasteiger partial charge is 0.475 e. The van der Waals surface area contributed by atoms with Crippen molar-refractivity contribution in [2.75, 3.05) is 44.3 Å². The van der Waals surface area contributed by atoms with Crippen LogP contribution in [0.3, 0.4) is 0 Å². The summed E-state index contributed by atoms with van der Waals surface area (Å²) in [7, 11) is 0. The predicted octanol–water partition coefficient (Wildman–Crippen LogP) is 4.83. The third-order valence-electron chi connectivity index (χ3n) is 6.75. The van der Waals surface area contributed by atoms with E-state index < -0.39 is 24.3 Å². The molecule has 0 saturated carbocycles. The van der Waals surface area contributed by atoms with Gasteiger partial charge in [0.2, 0.25) is 0 Å². The van der Waals surface area contributed by atoms with Gasteiger partial charge in [-0.05, 0) is 50.9 Å². The number of aromatic nitrogens is 3. The number of ether oxygens (including phenoxy) is 1. The van der Waals surface area contributed by atoms with Crippen LogP contribution in [0.1, 0.15) is 41.3 Å². The SMILES string of the molecule is Cc1cc(C)cc(CN2CCCC(c3nc4ccc(N5CCOCC5)cn4n3)C2)c1.O=C(O)C(F)(F)F.O=C(O)C(F)(F)F. The van der Waals surface area contributed by atoms with E-state index in [1.165, 1.54) is 28.8 Å². The molecule has 4 heterocycles. The van der Waals surface area contributed by atoms with E-state index in [2.05, 4.69) is 60.2 Å². The Labute approximate surface area is 248 Å². The van der Waals surface area contributed by atoms with Gasteiger partial charge in [-0.25, -0.2) is 19.1 Å². The summed E-state index contributed by atoms with van der Waals surface area (Å²) in [5.41, 5.74) is 6.23. The van der Waals surface area contributed by atoms with Crippen molar-refractivity contribution in [3.05, 3.63) is 59.0 Å². The van der Waals surface area contributed by atoms with Gasteiger partial charge in [0.1, 0.15) is 0 Å². The molecule has 3 aromatic rings. The third kappa shape index (κ3) is 10.4. The summed E-state index contributed by atoms with van der Waals surface area (Å²) in [5, 5.41) is 19.1. The fourth-order valence-electron chi connectivity index (χ4n) is 4.90. The van der Waals surface area contributed by atoms with Gasteiger partial charge in [0.15, 0.2) is 11.5 Å². The lowest BCUT2D eigenvalue weighted by Gasteiger charge is -2.31. The average molecular weight is 634 g/mol. The molecule has 0 spiro atoms. The number of carbonyl (C=O) groups is 2. The van der Waals surface area contributed by atoms with Crippen LogP contribution in [0.4, 0.5) is 32.0 Å². The molecule has 10 nitrogen and oxygen atoms in total. The number of piperidine rings is 1. The van der Waals surface area contributed by atoms with E-state index in [1.807, 2.05) is 4.52 Å². The van der Waals surface area contributed by atoms with Crippen LogP contribution in [0.2, 0.25) is 0 Å². The number of aliphatic carboxylic acids is 2. The van der Waals surface area contributed by atoms with Crippen LogP contribution in [0.15, 0.2) is 36.5 Å². The molecule has 5 rings (SSSR count). The summed E-state index contributed by atoms with van der Waals surface area (Å²) >= 11 is 0. The molecular formula is C28H33F6N5O5. The second-order valence-corrected chi connectivity index (χ2v) is 10.4. The van der Waals surface area contributed by atoms with Crippen LogP contribution in [-0.4, -0.2) is 93.4 Å². The standard InChI is InChI=1S/C24H31N5O.2C2HF3O2/c1-18-12-19(2)14-20(13-18)15-27-7-3-4-21(16-27)24-25-23-6-5-22(17-29(23)26-24)28-8-10-30-11-9-28;2*3-2(4,5)1(6)7/h5-6,12-14,17,21H,3-4,7-11,15-16H2,1-2H3;2*(H,6,7). The number of rotatable bonds is 4. The molecule has 16 heteroatoms. The molecule has 1 unspecified atom stereocenters. The maximum Gasteiger partial charge on any atom is 0.490 e. The molecule has 0 bridgehead atoms. The maximum absolute atomic E-state index is 10.6. The van der Waals surface area contributed by atoms with Crippen molar-refractivity contribution in [2.24, 2.45) is 0 Å². The number of benzene rings is 1. The number of nitrogens with zero attached hydrogens (tertiary/aromatic N) is 5. The van der Waals surface area contributed by atoms with E-state index in [4.69, 9.17) is 34.6 Å². The van der Waals surface area contributed by atoms with Crippen molar-refractivity contribution in [1.82, 2.24) is 19.5 Å². The Kier molecular flexibility index (Phi) is 11.6. The zero-order chi connectivity index (χ0) is 32.7. The van der Waals surface area contributed by atoms with Gasteiger partial charge >= 0.3 is 24.3 Å². The van der Waals surface area contributed by atoms with Crippen LogP contribution in [0, 0.1) is 13.8 Å². The van der Waals surface area contributed by atoms with Crippen molar-refractivity contribution in [2.45, 2.75) is 51.5 Å². The fourth-order valence-corrected chi connectivity index (χ4v) is 4.90. The number of morpholine rings is 1. The van der Waals surface area contributed by atoms with E-state index in [-0.39, 0.29) is 0 Å². The van der Waals surface area contributed by atoms with Gasteiger partial charge in [-0.1, -0.05) is 29.3 Å². The van der Waals surface area contributed by atoms with Gasteiger partial charge in [0.05, 0.1) is 25.1 Å². The first-order valence-corrected chi connectivity index (χ1v) is 13.6. The molecular weight excluding hydrogens is 600 g/mol. The number of anilines is 1. The lowest BCUT2D eigenvalue weighted by Crippen LogP contribution is -2.36. The van der Waals surface area contributed by atoms with Gasteiger partial charge in [-0.3, -0.25) is 4.90 Å². The topological polar surface area (TPSA) is 121 Å². The zero-order valence-electron chi connectivity index (χ0n) is 24.0. The number of likely N-dealkylation sites (tertiary alicyclic amines) is 1. The molecule has 1 aromatic carbocycles. The number of fused-ring (bicyclic) bond motifs is 1. The van der Waals surface area contributed by atoms with Crippen LogP contribution in [0.5, 0.6) is 0 Å². The molecule has 242 valence electrons. The van der Waals surface area contributed by atoms with Crippen molar-refractivity contribution < 1.29 is 50.9 Å². The molecule has 2 aliphatic heterocycles. The predicted molar refractivity (Wildman–Crippen MR) is 147 cm³/mol. The largest absolute Gasteiger partial charge is 0.490 e. The van der Waals surface area contributed by atoms with Crippen molar-refractivity contribution >= 4 is 23.3 Å². The van der Waals surface area contributed by atoms with E-state index in [1.54, 1.807) is 0 Å². The molecule has 44 heavy (non-hydrogen) atoms. The zero-order valence-corrected chi connectivity index (χ0v) is 24.0. The van der Waals surface area contributed by atoms with E-state index >= 15 is 0 Å². The minimum absolute atomic E-state index is 0.399. The quantitative estimate of drug-likeness (QED) is 0.390. The lowest BCUT2D eigenvalue weighted by atomic mass is 9.96. The lowest BCUT2D eigenvalue weighted by molar-refractivity contribution is -0.193. The summed E-state index contributed by atoms with van der Waals surface area (Å²) < 4.78 is 70.9. The summed E-state index contributed by atoms with van der Waals surface area (Å²) in [4.78, 5) is 27.6. The minimum Gasteiger partial charge on any atom is -0.475 e. The fraction of sp³-hybridized carbons (Fsp3) is 0.500. The molecule has 1 atom stereocenters. The summed E-state index contributed by atoms with van der Waals surface area (Å²) in [5.74, 6) is -4.13. The minimum atomic E-state index is -5.08. The Morgan fingerprint density at radius 2 is 1.50 bits per heavy atom. The van der Waals surface area contributed by atoms with E-state index in [0.717, 1.165) is 63.8 Å². The number of hydrogen-bond acceptors (Lipinski definition) is 7. The number of pyridine rings is 1. The van der Waals surface area contributed by atoms with Gasteiger partial charge < -0.3 is 19.8 Å². The Balaban J connectivity index is 0.000000317. The molecule has 0 aliphatic carbocycles. The normalized spacial score (nSPS) is 17.7. The maximum atomic E-state index is 10.6. The first-order valence-electron chi connectivity index (χ1n) is 13.6. The monoisotopic (exact) mass is 633 g/mol. The Bertz CT molecular complexity index is 1380. The van der Waals surface area contributed by atoms with Crippen molar-refractivity contribution in [3.63, 3.8) is 0 Å². The number of halogens is 6. The number of carboxylic acids is 2. The first-order chi connectivity index (χ1) is 20.5. The number of carboxylic acid groups (broad SMARTS) is 2. The second-order valence-electron chi connectivity index (χ2n) is 10.4. The van der Waals surface area contributed by atoms with Crippen LogP contribution in [0.25, 0.3) is 5.65 Å². The average Bonchev–Trinajstić information content (AvgIpc) is 3.36. The second kappa shape index (κ2) is 14.7. The Hall–Kier alpha value is -3.92. The van der Waals surface area contributed by atoms with Crippen LogP contribution < -0.4 is 4.90 Å². The third-order valence-corrected chi connectivity index (χ3v) is 6.75. The molecule has 0 amide bonds. The molecule has 2 fully saturated rings. The van der Waals surface area contributed by atoms with Crippen molar-refractivity contribution in [3.8, 4) is 0 Å². The summed E-state index contributed by atoms with van der Waals surface area (Å²) in [6.07, 6.45) is -5.69. The molecule has 2 N–H and O–H groups in total. The highest BCUT2D eigenvalue weighted by Crippen LogP contribution is 2.27. The van der Waals surface area contributed by atoms with Crippen molar-refractivity contribution in [1.29, 1.82) is 0 Å². The highest BCUT2D eigenvalue weighted by atomic mass is 19.4. The Morgan fingerprint density at radius 1 is 0.932 bits per heavy atom. The van der Waals surface area contributed by atoms with Crippen LogP contribution >= 0.6 is 0 Å². The molecule has 2 aliphatic rings. The number of alkyl halides is 6. The highest BCUT2D eigenvalue weighted by molar-refractivity contribution is 5.73. The number of hydrogen-bond donors (Lipinski definition) is 2. The van der Waals surface area contributed by atoms with E-state index in [9.17, 15) is 26.3 Å². The molecule has 2 aromatic heterocycles. The Morgan fingerprint density at radius 3 is 2.05 bits per heavy atom. The summed E-state index contributed by atoms with van der Waals surface area (Å²) in [6, 6.07) is 11.1. The van der Waals surface area contributed by atoms with E-state index in [0.29, 0.717) is 5.92 Å². The van der Waals surface area contributed by atoms with Gasteiger partial charge in [-0.2, -0.15) is 31.4 Å². The molecule has 0 radical (unpaired) electrons. The van der Waals surface area contributed by atoms with Crippen LogP contribution in [-0.2, 0) is 20.9 Å². The van der Waals surface area contributed by atoms with Gasteiger partial charge in [0.25, 0.3) is 0 Å². The van der Waals surface area contributed by atoms with Gasteiger partial charge in [-0.15, -0.1) is 0 Å². The molecule has 2 saturated heterocycles. The van der Waals surface area contributed by atoms with Gasteiger partial charge in [0, 0.05) is 32.1 Å². The highest BCUT2D eigenvalue weighted by Gasteiger charge is 2.39. The number of aryl methyl sites for hydroxylation is 2. The first kappa shape index (κ1) is 34.6. The summed E-state index contributed by atoms with van der Waals surface area (Å²) in [6.45, 7) is 11.0.